The second kappa shape index (κ2) is 5.51. The van der Waals surface area contributed by atoms with Crippen molar-refractivity contribution in [1.29, 1.82) is 0 Å². The van der Waals surface area contributed by atoms with E-state index in [4.69, 9.17) is 0 Å². The Balaban J connectivity index is 1.53. The molecule has 2 heteroatoms. The molecule has 2 aliphatic heterocycles. The fraction of sp³-hybridized carbons (Fsp3) is 0.368. The molecule has 4 rings (SSSR count). The van der Waals surface area contributed by atoms with Gasteiger partial charge < -0.3 is 5.32 Å². The standard InChI is InChI=1S/C19H21NS/c1-2-6-15(7-3-1)10-19(13-20-14-19)11-16-12-21-18-9-5-4-8-17(16)18/h1-9,16,20H,10-14H2. The molecule has 1 N–H and O–H groups in total. The van der Waals surface area contributed by atoms with Crippen molar-refractivity contribution in [2.75, 3.05) is 18.8 Å². The Morgan fingerprint density at radius 2 is 1.76 bits per heavy atom. The Hall–Kier alpha value is -1.25. The van der Waals surface area contributed by atoms with Gasteiger partial charge in [0.15, 0.2) is 0 Å². The first-order valence-electron chi connectivity index (χ1n) is 7.81. The fourth-order valence-electron chi connectivity index (χ4n) is 3.77. The average molecular weight is 295 g/mol. The Bertz CT molecular complexity index is 618. The number of thioether (sulfide) groups is 1. The van der Waals surface area contributed by atoms with E-state index in [0.717, 1.165) is 5.92 Å². The molecule has 1 atom stereocenters. The van der Waals surface area contributed by atoms with Crippen LogP contribution in [0.25, 0.3) is 0 Å². The zero-order valence-corrected chi connectivity index (χ0v) is 13.0. The van der Waals surface area contributed by atoms with Crippen LogP contribution in [0.1, 0.15) is 23.5 Å². The lowest BCUT2D eigenvalue weighted by Crippen LogP contribution is -2.55. The minimum absolute atomic E-state index is 0.462. The van der Waals surface area contributed by atoms with Gasteiger partial charge in [-0.2, -0.15) is 0 Å². The number of rotatable bonds is 4. The highest BCUT2D eigenvalue weighted by atomic mass is 32.2. The van der Waals surface area contributed by atoms with Crippen LogP contribution in [0.2, 0.25) is 0 Å². The second-order valence-corrected chi connectivity index (χ2v) is 7.58. The molecule has 2 aromatic rings. The van der Waals surface area contributed by atoms with Gasteiger partial charge in [-0.25, -0.2) is 0 Å². The minimum atomic E-state index is 0.462. The molecule has 2 aromatic carbocycles. The van der Waals surface area contributed by atoms with Gasteiger partial charge in [0.25, 0.3) is 0 Å². The van der Waals surface area contributed by atoms with Gasteiger partial charge in [0.2, 0.25) is 0 Å². The maximum Gasteiger partial charge on any atom is 0.0107 e. The quantitative estimate of drug-likeness (QED) is 0.911. The Morgan fingerprint density at radius 3 is 2.52 bits per heavy atom. The van der Waals surface area contributed by atoms with Gasteiger partial charge in [-0.1, -0.05) is 48.5 Å². The molecule has 1 unspecified atom stereocenters. The molecule has 21 heavy (non-hydrogen) atoms. The van der Waals surface area contributed by atoms with Crippen LogP contribution in [0.4, 0.5) is 0 Å². The molecule has 1 fully saturated rings. The molecule has 0 bridgehead atoms. The summed E-state index contributed by atoms with van der Waals surface area (Å²) < 4.78 is 0. The Morgan fingerprint density at radius 1 is 1.00 bits per heavy atom. The summed E-state index contributed by atoms with van der Waals surface area (Å²) in [5.41, 5.74) is 3.53. The van der Waals surface area contributed by atoms with Crippen molar-refractivity contribution >= 4 is 11.8 Å². The van der Waals surface area contributed by atoms with Gasteiger partial charge in [0.05, 0.1) is 0 Å². The van der Waals surface area contributed by atoms with Gasteiger partial charge in [0, 0.05) is 23.7 Å². The third kappa shape index (κ3) is 2.63. The molecular formula is C19H21NS. The van der Waals surface area contributed by atoms with Crippen molar-refractivity contribution in [3.05, 3.63) is 65.7 Å². The van der Waals surface area contributed by atoms with E-state index in [1.54, 1.807) is 5.56 Å². The van der Waals surface area contributed by atoms with Crippen LogP contribution in [-0.2, 0) is 6.42 Å². The van der Waals surface area contributed by atoms with E-state index in [1.165, 1.54) is 42.1 Å². The van der Waals surface area contributed by atoms with E-state index in [2.05, 4.69) is 59.9 Å². The maximum atomic E-state index is 3.51. The van der Waals surface area contributed by atoms with Gasteiger partial charge >= 0.3 is 0 Å². The summed E-state index contributed by atoms with van der Waals surface area (Å²) in [5.74, 6) is 1.99. The summed E-state index contributed by atoms with van der Waals surface area (Å²) in [6, 6.07) is 20.0. The van der Waals surface area contributed by atoms with E-state index >= 15 is 0 Å². The highest BCUT2D eigenvalue weighted by Gasteiger charge is 2.40. The van der Waals surface area contributed by atoms with Gasteiger partial charge in [-0.05, 0) is 41.4 Å². The van der Waals surface area contributed by atoms with Crippen LogP contribution < -0.4 is 5.32 Å². The molecule has 0 saturated carbocycles. The number of nitrogens with one attached hydrogen (secondary N) is 1. The monoisotopic (exact) mass is 295 g/mol. The first kappa shape index (κ1) is 13.4. The van der Waals surface area contributed by atoms with Crippen molar-refractivity contribution in [3.63, 3.8) is 0 Å². The highest BCUT2D eigenvalue weighted by Crippen LogP contribution is 2.46. The van der Waals surface area contributed by atoms with E-state index in [0.29, 0.717) is 5.41 Å². The van der Waals surface area contributed by atoms with E-state index in [1.807, 2.05) is 11.8 Å². The van der Waals surface area contributed by atoms with Crippen LogP contribution in [0.3, 0.4) is 0 Å². The first-order chi connectivity index (χ1) is 10.3. The summed E-state index contributed by atoms with van der Waals surface area (Å²) in [7, 11) is 0. The molecule has 108 valence electrons. The van der Waals surface area contributed by atoms with Crippen molar-refractivity contribution in [2.45, 2.75) is 23.7 Å². The first-order valence-corrected chi connectivity index (χ1v) is 8.80. The molecule has 2 heterocycles. The van der Waals surface area contributed by atoms with Crippen LogP contribution in [-0.4, -0.2) is 18.8 Å². The third-order valence-corrected chi connectivity index (χ3v) is 6.15. The average Bonchev–Trinajstić information content (AvgIpc) is 2.89. The number of hydrogen-bond acceptors (Lipinski definition) is 2. The fourth-order valence-corrected chi connectivity index (χ4v) is 5.02. The molecular weight excluding hydrogens is 274 g/mol. The highest BCUT2D eigenvalue weighted by molar-refractivity contribution is 7.99. The van der Waals surface area contributed by atoms with Crippen LogP contribution in [0.5, 0.6) is 0 Å². The Kier molecular flexibility index (Phi) is 3.52. The molecule has 0 amide bonds. The van der Waals surface area contributed by atoms with E-state index < -0.39 is 0 Å². The molecule has 1 saturated heterocycles. The van der Waals surface area contributed by atoms with Crippen molar-refractivity contribution in [2.24, 2.45) is 5.41 Å². The van der Waals surface area contributed by atoms with Gasteiger partial charge in [0.1, 0.15) is 0 Å². The van der Waals surface area contributed by atoms with E-state index in [-0.39, 0.29) is 0 Å². The third-order valence-electron chi connectivity index (χ3n) is 4.90. The zero-order chi connectivity index (χ0) is 14.1. The maximum absolute atomic E-state index is 3.51. The largest absolute Gasteiger partial charge is 0.316 e. The molecule has 1 nitrogen and oxygen atoms in total. The van der Waals surface area contributed by atoms with Gasteiger partial charge in [-0.15, -0.1) is 11.8 Å². The van der Waals surface area contributed by atoms with Crippen molar-refractivity contribution in [3.8, 4) is 0 Å². The van der Waals surface area contributed by atoms with Crippen LogP contribution >= 0.6 is 11.8 Å². The second-order valence-electron chi connectivity index (χ2n) is 6.52. The lowest BCUT2D eigenvalue weighted by molar-refractivity contribution is 0.143. The lowest BCUT2D eigenvalue weighted by Gasteiger charge is -2.45. The predicted molar refractivity (Wildman–Crippen MR) is 90.0 cm³/mol. The minimum Gasteiger partial charge on any atom is -0.316 e. The summed E-state index contributed by atoms with van der Waals surface area (Å²) >= 11 is 2.04. The summed E-state index contributed by atoms with van der Waals surface area (Å²) in [6.07, 6.45) is 2.53. The molecule has 0 aliphatic carbocycles. The number of fused-ring (bicyclic) bond motifs is 1. The summed E-state index contributed by atoms with van der Waals surface area (Å²) in [4.78, 5) is 1.50. The van der Waals surface area contributed by atoms with Crippen molar-refractivity contribution in [1.82, 2.24) is 5.32 Å². The molecule has 2 aliphatic rings. The topological polar surface area (TPSA) is 12.0 Å². The van der Waals surface area contributed by atoms with Gasteiger partial charge in [-0.3, -0.25) is 0 Å². The number of hydrogen-bond donors (Lipinski definition) is 1. The smallest absolute Gasteiger partial charge is 0.0107 e. The SMILES string of the molecule is c1ccc(CC2(CC3CSc4ccccc43)CNC2)cc1. The summed E-state index contributed by atoms with van der Waals surface area (Å²) in [6.45, 7) is 2.34. The molecule has 0 aromatic heterocycles. The zero-order valence-electron chi connectivity index (χ0n) is 12.2. The van der Waals surface area contributed by atoms with Crippen molar-refractivity contribution < 1.29 is 0 Å². The summed E-state index contributed by atoms with van der Waals surface area (Å²) in [5, 5.41) is 3.51. The normalized spacial score (nSPS) is 22.6. The lowest BCUT2D eigenvalue weighted by atomic mass is 9.69. The van der Waals surface area contributed by atoms with Crippen LogP contribution in [0, 0.1) is 5.41 Å². The van der Waals surface area contributed by atoms with Crippen LogP contribution in [0.15, 0.2) is 59.5 Å². The molecule has 0 radical (unpaired) electrons. The predicted octanol–water partition coefficient (Wildman–Crippen LogP) is 4.10. The van der Waals surface area contributed by atoms with E-state index in [9.17, 15) is 0 Å². The molecule has 0 spiro atoms. The Labute approximate surface area is 131 Å². The number of benzene rings is 2.